The van der Waals surface area contributed by atoms with Crippen molar-refractivity contribution in [1.82, 2.24) is 4.98 Å². The van der Waals surface area contributed by atoms with Gasteiger partial charge in [0.1, 0.15) is 5.82 Å². The maximum absolute atomic E-state index is 14.2. The first-order valence-corrected chi connectivity index (χ1v) is 8.74. The molecule has 0 unspecified atom stereocenters. The van der Waals surface area contributed by atoms with Gasteiger partial charge in [-0.3, -0.25) is 0 Å². The molecule has 4 rings (SSSR count). The minimum Gasteiger partial charge on any atom is -0.478 e. The summed E-state index contributed by atoms with van der Waals surface area (Å²) in [5.41, 5.74) is 3.37. The van der Waals surface area contributed by atoms with Crippen LogP contribution >= 0.6 is 11.6 Å². The van der Waals surface area contributed by atoms with E-state index in [1.807, 2.05) is 12.1 Å². The molecule has 5 heteroatoms. The third-order valence-electron chi connectivity index (χ3n) is 4.70. The quantitative estimate of drug-likeness (QED) is 0.641. The van der Waals surface area contributed by atoms with E-state index in [2.05, 4.69) is 0 Å². The Morgan fingerprint density at radius 3 is 2.73 bits per heavy atom. The molecule has 3 aromatic rings. The lowest BCUT2D eigenvalue weighted by Crippen LogP contribution is -2.13. The number of hydrogen-bond acceptors (Lipinski definition) is 2. The number of fused-ring (bicyclic) bond motifs is 2. The number of carboxylic acid groups (broad SMARTS) is 1. The number of aromatic nitrogens is 1. The summed E-state index contributed by atoms with van der Waals surface area (Å²) in [6, 6.07) is 11.8. The highest BCUT2D eigenvalue weighted by Gasteiger charge is 2.25. The highest BCUT2D eigenvalue weighted by molar-refractivity contribution is 6.32. The number of nitrogens with zero attached hydrogens (tertiary/aromatic N) is 1. The highest BCUT2D eigenvalue weighted by Crippen LogP contribution is 2.37. The molecule has 0 fully saturated rings. The van der Waals surface area contributed by atoms with Gasteiger partial charge in [0, 0.05) is 10.9 Å². The maximum Gasteiger partial charge on any atom is 0.336 e. The summed E-state index contributed by atoms with van der Waals surface area (Å²) in [5, 5.41) is 10.7. The van der Waals surface area contributed by atoms with Crippen LogP contribution in [0.3, 0.4) is 0 Å². The van der Waals surface area contributed by atoms with Gasteiger partial charge in [0.25, 0.3) is 0 Å². The second-order valence-corrected chi connectivity index (χ2v) is 6.70. The Balaban J connectivity index is 2.00. The van der Waals surface area contributed by atoms with E-state index in [0.717, 1.165) is 12.0 Å². The second-order valence-electron chi connectivity index (χ2n) is 6.29. The first-order valence-electron chi connectivity index (χ1n) is 8.36. The van der Waals surface area contributed by atoms with Crippen molar-refractivity contribution in [2.45, 2.75) is 19.3 Å². The van der Waals surface area contributed by atoms with Crippen LogP contribution in [0.25, 0.3) is 22.6 Å². The molecule has 0 saturated heterocycles. The summed E-state index contributed by atoms with van der Waals surface area (Å²) in [4.78, 5) is 16.6. The summed E-state index contributed by atoms with van der Waals surface area (Å²) in [5.74, 6) is -1.37. The third kappa shape index (κ3) is 2.76. The van der Waals surface area contributed by atoms with E-state index in [9.17, 15) is 14.3 Å². The van der Waals surface area contributed by atoms with Crippen molar-refractivity contribution in [3.8, 4) is 0 Å². The zero-order chi connectivity index (χ0) is 18.3. The Hall–Kier alpha value is -2.72. The molecule has 0 saturated carbocycles. The molecule has 0 spiro atoms. The first-order chi connectivity index (χ1) is 12.6. The molecule has 0 amide bonds. The molecule has 0 radical (unpaired) electrons. The molecule has 2 aromatic carbocycles. The average Bonchev–Trinajstić information content (AvgIpc) is 2.62. The number of para-hydroxylation sites is 1. The van der Waals surface area contributed by atoms with E-state index in [-0.39, 0.29) is 5.56 Å². The largest absolute Gasteiger partial charge is 0.478 e. The Bertz CT molecular complexity index is 1050. The zero-order valence-electron chi connectivity index (χ0n) is 13.8. The molecule has 0 bridgehead atoms. The SMILES string of the molecule is O=C(O)c1c2c(nc3ccccc13)/C(=C/c1c(F)cccc1Cl)CCC2. The Labute approximate surface area is 154 Å². The van der Waals surface area contributed by atoms with Gasteiger partial charge in [0.15, 0.2) is 0 Å². The van der Waals surface area contributed by atoms with Gasteiger partial charge in [-0.1, -0.05) is 35.9 Å². The van der Waals surface area contributed by atoms with E-state index in [1.165, 1.54) is 6.07 Å². The number of benzene rings is 2. The fourth-order valence-electron chi connectivity index (χ4n) is 3.54. The van der Waals surface area contributed by atoms with Crippen molar-refractivity contribution in [3.05, 3.63) is 75.7 Å². The topological polar surface area (TPSA) is 50.2 Å². The van der Waals surface area contributed by atoms with E-state index < -0.39 is 11.8 Å². The number of aromatic carboxylic acids is 1. The number of carbonyl (C=O) groups is 1. The number of halogens is 2. The predicted octanol–water partition coefficient (Wildman–Crippen LogP) is 5.60. The van der Waals surface area contributed by atoms with Gasteiger partial charge in [-0.2, -0.15) is 0 Å². The highest BCUT2D eigenvalue weighted by atomic mass is 35.5. The average molecular weight is 368 g/mol. The monoisotopic (exact) mass is 367 g/mol. The summed E-state index contributed by atoms with van der Waals surface area (Å²) in [7, 11) is 0. The van der Waals surface area contributed by atoms with Gasteiger partial charge < -0.3 is 5.11 Å². The predicted molar refractivity (Wildman–Crippen MR) is 101 cm³/mol. The molecule has 0 aliphatic heterocycles. The number of carboxylic acids is 1. The number of rotatable bonds is 2. The third-order valence-corrected chi connectivity index (χ3v) is 5.03. The van der Waals surface area contributed by atoms with Crippen molar-refractivity contribution in [1.29, 1.82) is 0 Å². The number of allylic oxidation sites excluding steroid dienone is 1. The summed E-state index contributed by atoms with van der Waals surface area (Å²) in [6.45, 7) is 0. The van der Waals surface area contributed by atoms with Gasteiger partial charge in [0.05, 0.1) is 21.8 Å². The summed E-state index contributed by atoms with van der Waals surface area (Å²) < 4.78 is 14.2. The van der Waals surface area contributed by atoms with Crippen molar-refractivity contribution < 1.29 is 14.3 Å². The van der Waals surface area contributed by atoms with E-state index in [0.29, 0.717) is 45.6 Å². The van der Waals surface area contributed by atoms with Crippen LogP contribution < -0.4 is 0 Å². The summed E-state index contributed by atoms with van der Waals surface area (Å²) >= 11 is 6.15. The van der Waals surface area contributed by atoms with E-state index in [4.69, 9.17) is 16.6 Å². The van der Waals surface area contributed by atoms with Crippen molar-refractivity contribution in [3.63, 3.8) is 0 Å². The molecular formula is C21H15ClFNO2. The molecule has 26 heavy (non-hydrogen) atoms. The van der Waals surface area contributed by atoms with Crippen LogP contribution in [-0.2, 0) is 6.42 Å². The van der Waals surface area contributed by atoms with Crippen LogP contribution in [0.2, 0.25) is 5.02 Å². The molecular weight excluding hydrogens is 353 g/mol. The first kappa shape index (κ1) is 16.7. The molecule has 0 atom stereocenters. The van der Waals surface area contributed by atoms with Crippen molar-refractivity contribution >= 4 is 40.1 Å². The lowest BCUT2D eigenvalue weighted by Gasteiger charge is -2.21. The Morgan fingerprint density at radius 2 is 1.96 bits per heavy atom. The van der Waals surface area contributed by atoms with Crippen LogP contribution in [0.4, 0.5) is 4.39 Å². The van der Waals surface area contributed by atoms with Gasteiger partial charge in [-0.25, -0.2) is 14.2 Å². The van der Waals surface area contributed by atoms with Crippen molar-refractivity contribution in [2.75, 3.05) is 0 Å². The smallest absolute Gasteiger partial charge is 0.336 e. The standard InChI is InChI=1S/C21H15ClFNO2/c22-16-8-4-9-17(23)15(16)11-12-5-3-7-14-19(21(25)26)13-6-1-2-10-18(13)24-20(12)14/h1-2,4,6,8-11H,3,5,7H2,(H,25,26)/b12-11+. The lowest BCUT2D eigenvalue weighted by molar-refractivity contribution is 0.0697. The van der Waals surface area contributed by atoms with Gasteiger partial charge in [0.2, 0.25) is 0 Å². The second kappa shape index (κ2) is 6.54. The van der Waals surface area contributed by atoms with Crippen LogP contribution in [0.1, 0.15) is 40.0 Å². The Morgan fingerprint density at radius 1 is 1.15 bits per heavy atom. The normalized spacial score (nSPS) is 15.2. The number of hydrogen-bond donors (Lipinski definition) is 1. The minimum atomic E-state index is -0.968. The molecule has 1 aromatic heterocycles. The summed E-state index contributed by atoms with van der Waals surface area (Å²) in [6.07, 6.45) is 3.81. The van der Waals surface area contributed by atoms with Crippen LogP contribution in [0.15, 0.2) is 42.5 Å². The van der Waals surface area contributed by atoms with Gasteiger partial charge >= 0.3 is 5.97 Å². The molecule has 3 nitrogen and oxygen atoms in total. The minimum absolute atomic E-state index is 0.288. The Kier molecular flexibility index (Phi) is 4.21. The van der Waals surface area contributed by atoms with Crippen LogP contribution in [0.5, 0.6) is 0 Å². The van der Waals surface area contributed by atoms with E-state index in [1.54, 1.807) is 30.3 Å². The van der Waals surface area contributed by atoms with Crippen molar-refractivity contribution in [2.24, 2.45) is 0 Å². The maximum atomic E-state index is 14.2. The van der Waals surface area contributed by atoms with Crippen LogP contribution in [0, 0.1) is 5.82 Å². The zero-order valence-corrected chi connectivity index (χ0v) is 14.6. The van der Waals surface area contributed by atoms with E-state index >= 15 is 0 Å². The fourth-order valence-corrected chi connectivity index (χ4v) is 3.76. The molecule has 1 N–H and O–H groups in total. The molecule has 1 heterocycles. The van der Waals surface area contributed by atoms with Gasteiger partial charge in [-0.15, -0.1) is 0 Å². The molecule has 1 aliphatic rings. The van der Waals surface area contributed by atoms with Gasteiger partial charge in [-0.05, 0) is 54.7 Å². The molecule has 1 aliphatic carbocycles. The lowest BCUT2D eigenvalue weighted by atomic mass is 9.86. The molecule has 130 valence electrons. The van der Waals surface area contributed by atoms with Crippen LogP contribution in [-0.4, -0.2) is 16.1 Å². The fraction of sp³-hybridized carbons (Fsp3) is 0.143. The number of pyridine rings is 1.